The number of hydrogen-bond donors (Lipinski definition) is 2. The van der Waals surface area contributed by atoms with Crippen LogP contribution >= 0.6 is 23.2 Å². The van der Waals surface area contributed by atoms with Crippen LogP contribution in [0.25, 0.3) is 11.3 Å². The van der Waals surface area contributed by atoms with Gasteiger partial charge >= 0.3 is 0 Å². The van der Waals surface area contributed by atoms with Gasteiger partial charge in [0, 0.05) is 52.7 Å². The van der Waals surface area contributed by atoms with Crippen molar-refractivity contribution in [1.29, 1.82) is 0 Å². The molecule has 2 aliphatic heterocycles. The van der Waals surface area contributed by atoms with E-state index >= 15 is 0 Å². The molecular formula is C30H26Cl2F2N6O. The van der Waals surface area contributed by atoms with E-state index < -0.39 is 11.6 Å². The Labute approximate surface area is 246 Å². The Kier molecular flexibility index (Phi) is 8.04. The van der Waals surface area contributed by atoms with Crippen LogP contribution in [-0.2, 0) is 6.54 Å². The van der Waals surface area contributed by atoms with Crippen LogP contribution in [0.4, 0.5) is 20.4 Å². The average Bonchev–Trinajstić information content (AvgIpc) is 3.05. The molecule has 6 rings (SSSR count). The Balaban J connectivity index is 0.00000337. The minimum Gasteiger partial charge on any atom is -0.335 e. The highest BCUT2D eigenvalue weighted by Crippen LogP contribution is 2.35. The zero-order chi connectivity index (χ0) is 28.0. The second-order valence-electron chi connectivity index (χ2n) is 9.53. The monoisotopic (exact) mass is 594 g/mol. The number of carbonyl (C=O) groups excluding carboxylic acids is 1. The predicted octanol–water partition coefficient (Wildman–Crippen LogP) is 6.50. The van der Waals surface area contributed by atoms with Gasteiger partial charge in [0.05, 0.1) is 34.1 Å². The Morgan fingerprint density at radius 2 is 1.78 bits per heavy atom. The molecule has 0 unspecified atom stereocenters. The lowest BCUT2D eigenvalue weighted by molar-refractivity contribution is 0.0577. The van der Waals surface area contributed by atoms with Gasteiger partial charge in [-0.3, -0.25) is 9.79 Å². The summed E-state index contributed by atoms with van der Waals surface area (Å²) in [5, 5.41) is 7.03. The first-order valence-corrected chi connectivity index (χ1v) is 13.3. The number of likely N-dealkylation sites (tertiary alicyclic amines) is 1. The van der Waals surface area contributed by atoms with Gasteiger partial charge in [-0.25, -0.2) is 18.7 Å². The maximum atomic E-state index is 14.8. The predicted molar refractivity (Wildman–Crippen MR) is 158 cm³/mol. The van der Waals surface area contributed by atoms with Crippen molar-refractivity contribution in [3.8, 4) is 11.3 Å². The molecule has 7 nitrogen and oxygen atoms in total. The maximum Gasteiger partial charge on any atom is 0.255 e. The van der Waals surface area contributed by atoms with E-state index in [-0.39, 0.29) is 43.1 Å². The van der Waals surface area contributed by atoms with E-state index in [4.69, 9.17) is 28.2 Å². The van der Waals surface area contributed by atoms with Crippen molar-refractivity contribution >= 4 is 46.5 Å². The van der Waals surface area contributed by atoms with Crippen LogP contribution in [-0.4, -0.2) is 52.7 Å². The molecule has 1 aromatic heterocycles. The Morgan fingerprint density at radius 3 is 2.51 bits per heavy atom. The number of nitrogens with one attached hydrogen (secondary N) is 2. The number of carbonyl (C=O) groups is 1. The quantitative estimate of drug-likeness (QED) is 0.275. The lowest BCUT2D eigenvalue weighted by atomic mass is 9.95. The van der Waals surface area contributed by atoms with Gasteiger partial charge in [-0.2, -0.15) is 0 Å². The maximum absolute atomic E-state index is 14.8. The number of rotatable bonds is 5. The summed E-state index contributed by atoms with van der Waals surface area (Å²) in [6.07, 6.45) is 1.62. The van der Waals surface area contributed by atoms with Gasteiger partial charge in [0.2, 0.25) is 5.95 Å². The SMILES string of the molecule is C.CNC1CN(C(=O)c2cc(Nc3ncc4c(n3)-c3ccc(Cl)cc3C(c3c(F)cccc3F)=NC4)ccc2Cl)C1. The van der Waals surface area contributed by atoms with Crippen LogP contribution < -0.4 is 10.6 Å². The molecule has 0 spiro atoms. The average molecular weight is 595 g/mol. The minimum absolute atomic E-state index is 0. The van der Waals surface area contributed by atoms with Gasteiger partial charge in [-0.05, 0) is 49.5 Å². The summed E-state index contributed by atoms with van der Waals surface area (Å²) in [5.41, 5.74) is 3.14. The van der Waals surface area contributed by atoms with Crippen molar-refractivity contribution < 1.29 is 13.6 Å². The topological polar surface area (TPSA) is 82.5 Å². The molecule has 3 heterocycles. The molecule has 2 N–H and O–H groups in total. The molecule has 2 aliphatic rings. The van der Waals surface area contributed by atoms with Crippen molar-refractivity contribution in [3.63, 3.8) is 0 Å². The number of halogens is 4. The first kappa shape index (κ1) is 28.6. The molecule has 210 valence electrons. The second-order valence-corrected chi connectivity index (χ2v) is 10.4. The van der Waals surface area contributed by atoms with Crippen LogP contribution in [0.15, 0.2) is 65.8 Å². The third-order valence-corrected chi connectivity index (χ3v) is 7.56. The summed E-state index contributed by atoms with van der Waals surface area (Å²) >= 11 is 12.7. The fraction of sp³-hybridized carbons (Fsp3) is 0.200. The van der Waals surface area contributed by atoms with Gasteiger partial charge in [-0.1, -0.05) is 42.8 Å². The van der Waals surface area contributed by atoms with E-state index in [1.54, 1.807) is 47.5 Å². The molecule has 0 saturated carbocycles. The number of amides is 1. The van der Waals surface area contributed by atoms with E-state index in [9.17, 15) is 13.6 Å². The molecule has 1 saturated heterocycles. The molecule has 0 radical (unpaired) electrons. The minimum atomic E-state index is -0.725. The summed E-state index contributed by atoms with van der Waals surface area (Å²) in [4.78, 5) is 28.4. The van der Waals surface area contributed by atoms with Crippen molar-refractivity contribution in [2.45, 2.75) is 20.0 Å². The Hall–Kier alpha value is -3.92. The molecule has 11 heteroatoms. The van der Waals surface area contributed by atoms with Crippen molar-refractivity contribution in [1.82, 2.24) is 20.2 Å². The van der Waals surface area contributed by atoms with E-state index in [1.807, 2.05) is 7.05 Å². The highest BCUT2D eigenvalue weighted by molar-refractivity contribution is 6.34. The second kappa shape index (κ2) is 11.5. The van der Waals surface area contributed by atoms with E-state index in [0.717, 1.165) is 0 Å². The van der Waals surface area contributed by atoms with Crippen LogP contribution in [0.2, 0.25) is 10.0 Å². The van der Waals surface area contributed by atoms with Gasteiger partial charge in [0.1, 0.15) is 11.6 Å². The Bertz CT molecular complexity index is 1670. The van der Waals surface area contributed by atoms with Gasteiger partial charge < -0.3 is 15.5 Å². The third kappa shape index (κ3) is 5.40. The molecule has 41 heavy (non-hydrogen) atoms. The number of fused-ring (bicyclic) bond motifs is 3. The molecule has 4 aromatic rings. The summed E-state index contributed by atoms with van der Waals surface area (Å²) in [6, 6.07) is 14.1. The molecular weight excluding hydrogens is 569 g/mol. The van der Waals surface area contributed by atoms with E-state index in [1.165, 1.54) is 18.2 Å². The molecule has 0 atom stereocenters. The van der Waals surface area contributed by atoms with E-state index in [0.29, 0.717) is 56.8 Å². The van der Waals surface area contributed by atoms with Crippen LogP contribution in [0.3, 0.4) is 0 Å². The van der Waals surface area contributed by atoms with Crippen LogP contribution in [0, 0.1) is 11.6 Å². The lowest BCUT2D eigenvalue weighted by Crippen LogP contribution is -2.58. The fourth-order valence-corrected chi connectivity index (χ4v) is 5.19. The lowest BCUT2D eigenvalue weighted by Gasteiger charge is -2.39. The van der Waals surface area contributed by atoms with Crippen molar-refractivity contribution in [2.24, 2.45) is 4.99 Å². The molecule has 0 bridgehead atoms. The van der Waals surface area contributed by atoms with Crippen LogP contribution in [0.1, 0.15) is 34.5 Å². The molecule has 1 fully saturated rings. The first-order valence-electron chi connectivity index (χ1n) is 12.5. The first-order chi connectivity index (χ1) is 19.3. The van der Waals surface area contributed by atoms with Crippen LogP contribution in [0.5, 0.6) is 0 Å². The fourth-order valence-electron chi connectivity index (χ4n) is 4.82. The van der Waals surface area contributed by atoms with Crippen molar-refractivity contribution in [3.05, 3.63) is 105 Å². The summed E-state index contributed by atoms with van der Waals surface area (Å²) in [5.74, 6) is -1.34. The smallest absolute Gasteiger partial charge is 0.255 e. The highest BCUT2D eigenvalue weighted by atomic mass is 35.5. The zero-order valence-electron chi connectivity index (χ0n) is 21.2. The summed E-state index contributed by atoms with van der Waals surface area (Å²) < 4.78 is 29.6. The van der Waals surface area contributed by atoms with Gasteiger partial charge in [-0.15, -0.1) is 0 Å². The molecule has 0 aliphatic carbocycles. The highest BCUT2D eigenvalue weighted by Gasteiger charge is 2.31. The number of aromatic nitrogens is 2. The van der Waals surface area contributed by atoms with Gasteiger partial charge in [0.15, 0.2) is 0 Å². The number of aliphatic imine (C=N–C) groups is 1. The third-order valence-electron chi connectivity index (χ3n) is 6.99. The molecule has 3 aromatic carbocycles. The van der Waals surface area contributed by atoms with Crippen molar-refractivity contribution in [2.75, 3.05) is 25.5 Å². The number of likely N-dealkylation sites (N-methyl/N-ethyl adjacent to an activating group) is 1. The molecule has 1 amide bonds. The largest absolute Gasteiger partial charge is 0.335 e. The normalized spacial score (nSPS) is 14.2. The number of benzene rings is 3. The summed E-state index contributed by atoms with van der Waals surface area (Å²) in [7, 11) is 1.86. The number of anilines is 2. The van der Waals surface area contributed by atoms with Gasteiger partial charge in [0.25, 0.3) is 5.91 Å². The zero-order valence-corrected chi connectivity index (χ0v) is 22.7. The number of hydrogen-bond acceptors (Lipinski definition) is 6. The number of nitrogens with zero attached hydrogens (tertiary/aromatic N) is 4. The Morgan fingerprint density at radius 1 is 1.02 bits per heavy atom. The van der Waals surface area contributed by atoms with E-state index in [2.05, 4.69) is 20.6 Å². The summed E-state index contributed by atoms with van der Waals surface area (Å²) in [6.45, 7) is 1.33. The standard InChI is InChI=1S/C29H22Cl2F2N6O.CH4/c1-34-18-13-39(14-18)28(40)21-10-17(6-8-22(21)31)37-29-36-12-15-11-35-27(25-23(32)3-2-4-24(25)33)20-9-16(30)5-7-19(20)26(15)38-29;/h2-10,12,18,34H,11,13-14H2,1H3,(H,36,37,38);1H4.